The van der Waals surface area contributed by atoms with Crippen molar-refractivity contribution in [2.75, 3.05) is 35.6 Å². The van der Waals surface area contributed by atoms with Gasteiger partial charge in [0.05, 0.1) is 5.92 Å². The van der Waals surface area contributed by atoms with Gasteiger partial charge in [-0.05, 0) is 68.1 Å². The minimum Gasteiger partial charge on any atom is -0.356 e. The lowest BCUT2D eigenvalue weighted by Crippen LogP contribution is -2.46. The third-order valence-corrected chi connectivity index (χ3v) is 5.44. The zero-order valence-corrected chi connectivity index (χ0v) is 18.6. The van der Waals surface area contributed by atoms with Crippen molar-refractivity contribution in [3.05, 3.63) is 54.1 Å². The first kappa shape index (κ1) is 23.1. The molecule has 2 aromatic carbocycles. The van der Waals surface area contributed by atoms with E-state index in [1.54, 1.807) is 29.2 Å². The summed E-state index contributed by atoms with van der Waals surface area (Å²) in [6, 6.07) is 14.0. The van der Waals surface area contributed by atoms with Crippen molar-refractivity contribution in [3.8, 4) is 0 Å². The normalized spacial score (nSPS) is 15.6. The van der Waals surface area contributed by atoms with Crippen LogP contribution in [-0.4, -0.2) is 42.5 Å². The summed E-state index contributed by atoms with van der Waals surface area (Å²) >= 11 is 0. The molecule has 1 aliphatic heterocycles. The standard InChI is InChI=1S/C24H31N5O3/c1-3-17-7-9-19(10-8-17)26-23(31)27-20-11-13-21(14-12-20)28-24(32)29-15-5-6-18(16-29)22(30)25-4-2/h7-14,18H,3-6,15-16H2,1-2H3,(H,25,30)(H,28,32)(H2,26,27,31)/t18-/m1/s1. The number of hydrogen-bond donors (Lipinski definition) is 4. The van der Waals surface area contributed by atoms with Crippen molar-refractivity contribution in [1.82, 2.24) is 10.2 Å². The van der Waals surface area contributed by atoms with Crippen LogP contribution in [0.5, 0.6) is 0 Å². The first-order chi connectivity index (χ1) is 15.5. The molecule has 1 heterocycles. The first-order valence-corrected chi connectivity index (χ1v) is 11.1. The second kappa shape index (κ2) is 11.2. The van der Waals surface area contributed by atoms with Crippen LogP contribution in [0, 0.1) is 5.92 Å². The molecule has 2 aromatic rings. The van der Waals surface area contributed by atoms with Crippen molar-refractivity contribution >= 4 is 35.0 Å². The molecule has 4 N–H and O–H groups in total. The lowest BCUT2D eigenvalue weighted by Gasteiger charge is -2.32. The molecule has 0 bridgehead atoms. The van der Waals surface area contributed by atoms with E-state index in [4.69, 9.17) is 0 Å². The fourth-order valence-corrected chi connectivity index (χ4v) is 3.65. The van der Waals surface area contributed by atoms with Crippen molar-refractivity contribution in [3.63, 3.8) is 0 Å². The van der Waals surface area contributed by atoms with Crippen LogP contribution in [0.4, 0.5) is 26.7 Å². The first-order valence-electron chi connectivity index (χ1n) is 11.1. The zero-order valence-electron chi connectivity index (χ0n) is 18.6. The third kappa shape index (κ3) is 6.47. The third-order valence-electron chi connectivity index (χ3n) is 5.44. The van der Waals surface area contributed by atoms with Gasteiger partial charge in [-0.3, -0.25) is 4.79 Å². The Bertz CT molecular complexity index is 928. The molecular weight excluding hydrogens is 406 g/mol. The fraction of sp³-hybridized carbons (Fsp3) is 0.375. The molecule has 1 atom stereocenters. The molecule has 5 amide bonds. The molecule has 3 rings (SSSR count). The van der Waals surface area contributed by atoms with Gasteiger partial charge in [-0.15, -0.1) is 0 Å². The predicted octanol–water partition coefficient (Wildman–Crippen LogP) is 4.27. The van der Waals surface area contributed by atoms with Crippen molar-refractivity contribution in [1.29, 1.82) is 0 Å². The molecule has 1 fully saturated rings. The smallest absolute Gasteiger partial charge is 0.323 e. The zero-order chi connectivity index (χ0) is 22.9. The summed E-state index contributed by atoms with van der Waals surface area (Å²) in [5.74, 6) is -0.169. The highest BCUT2D eigenvalue weighted by atomic mass is 16.2. The van der Waals surface area contributed by atoms with Crippen LogP contribution in [0.2, 0.25) is 0 Å². The Morgan fingerprint density at radius 1 is 0.875 bits per heavy atom. The summed E-state index contributed by atoms with van der Waals surface area (Å²) < 4.78 is 0. The Morgan fingerprint density at radius 2 is 1.44 bits per heavy atom. The lowest BCUT2D eigenvalue weighted by atomic mass is 9.97. The van der Waals surface area contributed by atoms with E-state index in [1.165, 1.54) is 5.56 Å². The van der Waals surface area contributed by atoms with Gasteiger partial charge in [-0.25, -0.2) is 9.59 Å². The Kier molecular flexibility index (Phi) is 8.08. The molecule has 32 heavy (non-hydrogen) atoms. The van der Waals surface area contributed by atoms with Crippen molar-refractivity contribution in [2.45, 2.75) is 33.1 Å². The van der Waals surface area contributed by atoms with Crippen LogP contribution in [0.1, 0.15) is 32.3 Å². The van der Waals surface area contributed by atoms with E-state index in [-0.39, 0.29) is 23.9 Å². The van der Waals surface area contributed by atoms with Crippen LogP contribution in [0.25, 0.3) is 0 Å². The average Bonchev–Trinajstić information content (AvgIpc) is 2.81. The number of likely N-dealkylation sites (tertiary alicyclic amines) is 1. The summed E-state index contributed by atoms with van der Waals surface area (Å²) in [5, 5.41) is 11.3. The molecule has 8 heteroatoms. The Balaban J connectivity index is 1.49. The van der Waals surface area contributed by atoms with Crippen molar-refractivity contribution in [2.24, 2.45) is 5.92 Å². The van der Waals surface area contributed by atoms with Gasteiger partial charge < -0.3 is 26.2 Å². The number of amides is 5. The fourth-order valence-electron chi connectivity index (χ4n) is 3.65. The molecule has 1 saturated heterocycles. The quantitative estimate of drug-likeness (QED) is 0.543. The van der Waals surface area contributed by atoms with Gasteiger partial charge in [-0.2, -0.15) is 0 Å². The molecule has 0 unspecified atom stereocenters. The second-order valence-electron chi connectivity index (χ2n) is 7.82. The van der Waals surface area contributed by atoms with Gasteiger partial charge in [-0.1, -0.05) is 19.1 Å². The molecular formula is C24H31N5O3. The highest BCUT2D eigenvalue weighted by Gasteiger charge is 2.28. The highest BCUT2D eigenvalue weighted by molar-refractivity contribution is 6.00. The summed E-state index contributed by atoms with van der Waals surface area (Å²) in [5.41, 5.74) is 3.16. The van der Waals surface area contributed by atoms with E-state index in [2.05, 4.69) is 28.2 Å². The summed E-state index contributed by atoms with van der Waals surface area (Å²) in [6.07, 6.45) is 2.54. The van der Waals surface area contributed by atoms with Crippen LogP contribution in [0.3, 0.4) is 0 Å². The maximum atomic E-state index is 12.6. The monoisotopic (exact) mass is 437 g/mol. The highest BCUT2D eigenvalue weighted by Crippen LogP contribution is 2.19. The van der Waals surface area contributed by atoms with Crippen LogP contribution >= 0.6 is 0 Å². The number of rotatable bonds is 6. The van der Waals surface area contributed by atoms with Crippen LogP contribution in [-0.2, 0) is 11.2 Å². The maximum absolute atomic E-state index is 12.6. The van der Waals surface area contributed by atoms with Crippen molar-refractivity contribution < 1.29 is 14.4 Å². The average molecular weight is 438 g/mol. The Labute approximate surface area is 188 Å². The van der Waals surface area contributed by atoms with Gasteiger partial charge in [0.25, 0.3) is 0 Å². The summed E-state index contributed by atoms with van der Waals surface area (Å²) in [4.78, 5) is 38.6. The van der Waals surface area contributed by atoms with Crippen LogP contribution in [0.15, 0.2) is 48.5 Å². The minimum atomic E-state index is -0.337. The van der Waals surface area contributed by atoms with Gasteiger partial charge in [0, 0.05) is 36.7 Å². The number of anilines is 3. The lowest BCUT2D eigenvalue weighted by molar-refractivity contribution is -0.126. The molecule has 0 radical (unpaired) electrons. The number of nitrogens with one attached hydrogen (secondary N) is 4. The molecule has 1 aliphatic rings. The molecule has 0 saturated carbocycles. The van der Waals surface area contributed by atoms with Gasteiger partial charge in [0.1, 0.15) is 0 Å². The number of nitrogens with zero attached hydrogens (tertiary/aromatic N) is 1. The number of urea groups is 2. The van der Waals surface area contributed by atoms with Gasteiger partial charge >= 0.3 is 12.1 Å². The summed E-state index contributed by atoms with van der Waals surface area (Å²) in [7, 11) is 0. The number of benzene rings is 2. The maximum Gasteiger partial charge on any atom is 0.323 e. The SMILES string of the molecule is CCNC(=O)[C@@H]1CCCN(C(=O)Nc2ccc(NC(=O)Nc3ccc(CC)cc3)cc2)C1. The van der Waals surface area contributed by atoms with E-state index in [0.29, 0.717) is 31.0 Å². The number of piperidine rings is 1. The Morgan fingerprint density at radius 3 is 2.00 bits per heavy atom. The van der Waals surface area contributed by atoms with E-state index >= 15 is 0 Å². The molecule has 170 valence electrons. The minimum absolute atomic E-state index is 0.00000985. The Hall–Kier alpha value is -3.55. The molecule has 0 aliphatic carbocycles. The summed E-state index contributed by atoms with van der Waals surface area (Å²) in [6.45, 7) is 5.59. The molecule has 8 nitrogen and oxygen atoms in total. The van der Waals surface area contributed by atoms with E-state index in [0.717, 1.165) is 24.9 Å². The van der Waals surface area contributed by atoms with Crippen LogP contribution < -0.4 is 21.3 Å². The topological polar surface area (TPSA) is 103 Å². The van der Waals surface area contributed by atoms with E-state index in [9.17, 15) is 14.4 Å². The van der Waals surface area contributed by atoms with E-state index < -0.39 is 0 Å². The molecule has 0 aromatic heterocycles. The number of hydrogen-bond acceptors (Lipinski definition) is 3. The van der Waals surface area contributed by atoms with Gasteiger partial charge in [0.2, 0.25) is 5.91 Å². The number of carbonyl (C=O) groups is 3. The largest absolute Gasteiger partial charge is 0.356 e. The second-order valence-corrected chi connectivity index (χ2v) is 7.82. The van der Waals surface area contributed by atoms with E-state index in [1.807, 2.05) is 31.2 Å². The molecule has 0 spiro atoms. The van der Waals surface area contributed by atoms with Gasteiger partial charge in [0.15, 0.2) is 0 Å². The number of carbonyl (C=O) groups excluding carboxylic acids is 3. The predicted molar refractivity (Wildman–Crippen MR) is 127 cm³/mol. The number of aryl methyl sites for hydroxylation is 1.